The highest BCUT2D eigenvalue weighted by Gasteiger charge is 2.17. The minimum Gasteiger partial charge on any atom is -0.508 e. The molecule has 1 aliphatic rings. The fourth-order valence-electron chi connectivity index (χ4n) is 2.01. The molecule has 2 nitrogen and oxygen atoms in total. The number of hydrogen-bond acceptors (Lipinski definition) is 2. The summed E-state index contributed by atoms with van der Waals surface area (Å²) in [6, 6.07) is 5.62. The van der Waals surface area contributed by atoms with Crippen molar-refractivity contribution < 1.29 is 5.11 Å². The number of aromatic hydroxyl groups is 1. The van der Waals surface area contributed by atoms with E-state index in [2.05, 4.69) is 12.2 Å². The van der Waals surface area contributed by atoms with Gasteiger partial charge in [0.2, 0.25) is 0 Å². The molecule has 2 heteroatoms. The van der Waals surface area contributed by atoms with Crippen molar-refractivity contribution in [2.24, 2.45) is 0 Å². The van der Waals surface area contributed by atoms with Gasteiger partial charge in [-0.05, 0) is 30.4 Å². The van der Waals surface area contributed by atoms with Gasteiger partial charge in [-0.15, -0.1) is 0 Å². The first-order valence-electron chi connectivity index (χ1n) is 4.88. The topological polar surface area (TPSA) is 32.3 Å². The van der Waals surface area contributed by atoms with Gasteiger partial charge in [0.15, 0.2) is 0 Å². The van der Waals surface area contributed by atoms with Crippen molar-refractivity contribution in [3.8, 4) is 5.75 Å². The van der Waals surface area contributed by atoms with E-state index in [0.717, 1.165) is 12.2 Å². The molecule has 0 fully saturated rings. The fourth-order valence-corrected chi connectivity index (χ4v) is 2.01. The van der Waals surface area contributed by atoms with Gasteiger partial charge in [0.25, 0.3) is 0 Å². The molecule has 0 spiro atoms. The lowest BCUT2D eigenvalue weighted by Crippen LogP contribution is -2.15. The lowest BCUT2D eigenvalue weighted by molar-refractivity contribution is 0.474. The van der Waals surface area contributed by atoms with E-state index in [0.29, 0.717) is 11.7 Å². The quantitative estimate of drug-likeness (QED) is 0.691. The Morgan fingerprint density at radius 1 is 1.54 bits per heavy atom. The van der Waals surface area contributed by atoms with Crippen LogP contribution in [0.2, 0.25) is 0 Å². The SMILES string of the molecule is CC[C@@H]1CCNc2cc(O)ccc21. The minimum absolute atomic E-state index is 0.350. The number of rotatable bonds is 1. The number of fused-ring (bicyclic) bond motifs is 1. The van der Waals surface area contributed by atoms with Gasteiger partial charge >= 0.3 is 0 Å². The largest absolute Gasteiger partial charge is 0.508 e. The van der Waals surface area contributed by atoms with Crippen molar-refractivity contribution in [2.75, 3.05) is 11.9 Å². The molecule has 0 aromatic heterocycles. The van der Waals surface area contributed by atoms with Crippen molar-refractivity contribution in [2.45, 2.75) is 25.7 Å². The Hall–Kier alpha value is -1.18. The molecule has 1 heterocycles. The number of nitrogens with one attached hydrogen (secondary N) is 1. The predicted molar refractivity (Wildman–Crippen MR) is 54.2 cm³/mol. The van der Waals surface area contributed by atoms with Gasteiger partial charge in [0.1, 0.15) is 5.75 Å². The highest BCUT2D eigenvalue weighted by molar-refractivity contribution is 5.57. The van der Waals surface area contributed by atoms with Crippen LogP contribution in [-0.4, -0.2) is 11.7 Å². The van der Waals surface area contributed by atoms with Gasteiger partial charge in [0.05, 0.1) is 0 Å². The molecule has 0 aliphatic carbocycles. The summed E-state index contributed by atoms with van der Waals surface area (Å²) in [5.74, 6) is 1.01. The van der Waals surface area contributed by atoms with E-state index in [4.69, 9.17) is 0 Å². The van der Waals surface area contributed by atoms with E-state index in [1.54, 1.807) is 6.07 Å². The van der Waals surface area contributed by atoms with Gasteiger partial charge in [-0.1, -0.05) is 13.0 Å². The summed E-state index contributed by atoms with van der Waals surface area (Å²) in [7, 11) is 0. The zero-order valence-corrected chi connectivity index (χ0v) is 7.88. The Kier molecular flexibility index (Phi) is 2.13. The van der Waals surface area contributed by atoms with Gasteiger partial charge in [0, 0.05) is 18.3 Å². The Morgan fingerprint density at radius 2 is 2.38 bits per heavy atom. The van der Waals surface area contributed by atoms with Crippen LogP contribution >= 0.6 is 0 Å². The lowest BCUT2D eigenvalue weighted by Gasteiger charge is -2.25. The zero-order chi connectivity index (χ0) is 9.26. The van der Waals surface area contributed by atoms with Crippen LogP contribution in [0.4, 0.5) is 5.69 Å². The molecule has 1 aliphatic heterocycles. The second-order valence-corrected chi connectivity index (χ2v) is 3.59. The molecule has 1 aromatic rings. The Bertz CT molecular complexity index is 309. The molecule has 1 aromatic carbocycles. The standard InChI is InChI=1S/C11H15NO/c1-2-8-5-6-12-11-7-9(13)3-4-10(8)11/h3-4,7-8,12-13H,2,5-6H2,1H3/t8-/m1/s1. The molecular weight excluding hydrogens is 162 g/mol. The highest BCUT2D eigenvalue weighted by atomic mass is 16.3. The smallest absolute Gasteiger partial charge is 0.117 e. The van der Waals surface area contributed by atoms with Crippen LogP contribution in [-0.2, 0) is 0 Å². The molecule has 0 unspecified atom stereocenters. The van der Waals surface area contributed by atoms with E-state index >= 15 is 0 Å². The van der Waals surface area contributed by atoms with Crippen LogP contribution < -0.4 is 5.32 Å². The van der Waals surface area contributed by atoms with Crippen molar-refractivity contribution >= 4 is 5.69 Å². The predicted octanol–water partition coefficient (Wildman–Crippen LogP) is 2.70. The summed E-state index contributed by atoms with van der Waals surface area (Å²) in [6.07, 6.45) is 2.38. The van der Waals surface area contributed by atoms with Crippen LogP contribution in [0.3, 0.4) is 0 Å². The van der Waals surface area contributed by atoms with Gasteiger partial charge in [-0.25, -0.2) is 0 Å². The molecule has 0 radical (unpaired) electrons. The summed E-state index contributed by atoms with van der Waals surface area (Å²) < 4.78 is 0. The van der Waals surface area contributed by atoms with Crippen molar-refractivity contribution in [1.82, 2.24) is 0 Å². The maximum Gasteiger partial charge on any atom is 0.117 e. The normalized spacial score (nSPS) is 20.5. The fraction of sp³-hybridized carbons (Fsp3) is 0.455. The molecule has 0 saturated heterocycles. The molecule has 2 N–H and O–H groups in total. The second kappa shape index (κ2) is 3.29. The maximum absolute atomic E-state index is 9.31. The second-order valence-electron chi connectivity index (χ2n) is 3.59. The molecule has 0 amide bonds. The van der Waals surface area contributed by atoms with E-state index in [-0.39, 0.29) is 0 Å². The summed E-state index contributed by atoms with van der Waals surface area (Å²) >= 11 is 0. The number of benzene rings is 1. The summed E-state index contributed by atoms with van der Waals surface area (Å²) in [5.41, 5.74) is 2.46. The number of phenolic OH excluding ortho intramolecular Hbond substituents is 1. The Balaban J connectivity index is 2.40. The first-order valence-corrected chi connectivity index (χ1v) is 4.88. The Labute approximate surface area is 78.6 Å². The molecule has 1 atom stereocenters. The first kappa shape index (κ1) is 8.42. The average molecular weight is 177 g/mol. The van der Waals surface area contributed by atoms with Crippen LogP contribution in [0, 0.1) is 0 Å². The monoisotopic (exact) mass is 177 g/mol. The average Bonchev–Trinajstić information content (AvgIpc) is 2.16. The summed E-state index contributed by atoms with van der Waals surface area (Å²) in [4.78, 5) is 0. The van der Waals surface area contributed by atoms with Crippen molar-refractivity contribution in [3.63, 3.8) is 0 Å². The Morgan fingerprint density at radius 3 is 3.15 bits per heavy atom. The lowest BCUT2D eigenvalue weighted by atomic mass is 9.89. The third-order valence-corrected chi connectivity index (χ3v) is 2.78. The van der Waals surface area contributed by atoms with E-state index < -0.39 is 0 Å². The minimum atomic E-state index is 0.350. The third-order valence-electron chi connectivity index (χ3n) is 2.78. The van der Waals surface area contributed by atoms with Crippen molar-refractivity contribution in [1.29, 1.82) is 0 Å². The van der Waals surface area contributed by atoms with Crippen LogP contribution in [0.1, 0.15) is 31.2 Å². The first-order chi connectivity index (χ1) is 6.31. The van der Waals surface area contributed by atoms with Crippen LogP contribution in [0.5, 0.6) is 5.75 Å². The molecule has 0 bridgehead atoms. The zero-order valence-electron chi connectivity index (χ0n) is 7.88. The molecule has 70 valence electrons. The van der Waals surface area contributed by atoms with Gasteiger partial charge < -0.3 is 10.4 Å². The molecule has 13 heavy (non-hydrogen) atoms. The van der Waals surface area contributed by atoms with Crippen LogP contribution in [0.25, 0.3) is 0 Å². The summed E-state index contributed by atoms with van der Waals surface area (Å²) in [5, 5.41) is 12.6. The highest BCUT2D eigenvalue weighted by Crippen LogP contribution is 2.35. The number of anilines is 1. The summed E-state index contributed by atoms with van der Waals surface area (Å²) in [6.45, 7) is 3.24. The third kappa shape index (κ3) is 1.48. The number of phenols is 1. The van der Waals surface area contributed by atoms with Crippen LogP contribution in [0.15, 0.2) is 18.2 Å². The van der Waals surface area contributed by atoms with E-state index in [9.17, 15) is 5.11 Å². The number of hydrogen-bond donors (Lipinski definition) is 2. The molecule has 2 rings (SSSR count). The van der Waals surface area contributed by atoms with Gasteiger partial charge in [-0.3, -0.25) is 0 Å². The van der Waals surface area contributed by atoms with E-state index in [1.165, 1.54) is 18.4 Å². The molecule has 0 saturated carbocycles. The van der Waals surface area contributed by atoms with Gasteiger partial charge in [-0.2, -0.15) is 0 Å². The van der Waals surface area contributed by atoms with Crippen molar-refractivity contribution in [3.05, 3.63) is 23.8 Å². The maximum atomic E-state index is 9.31. The van der Waals surface area contributed by atoms with E-state index in [1.807, 2.05) is 12.1 Å². The molecular formula is C11H15NO.